The van der Waals surface area contributed by atoms with E-state index >= 15 is 0 Å². The smallest absolute Gasteiger partial charge is 0.119 e. The minimum Gasteiger partial charge on any atom is -0.119 e. The standard InChI is InChI=1S/C16H26O6P2/c1-3-19-23(17)21-13-5-7-15-9-11-16(12-10-15)8-6-14-22-24(18)20-4-2/h9-12H,3-8,13-14H2,1-2H3/q+2. The van der Waals surface area contributed by atoms with Crippen molar-refractivity contribution in [1.29, 1.82) is 0 Å². The monoisotopic (exact) mass is 376 g/mol. The van der Waals surface area contributed by atoms with E-state index in [2.05, 4.69) is 24.3 Å². The average Bonchev–Trinajstić information content (AvgIpc) is 2.57. The molecule has 0 spiro atoms. The van der Waals surface area contributed by atoms with E-state index in [0.29, 0.717) is 26.4 Å². The maximum absolute atomic E-state index is 11.2. The first-order valence-electron chi connectivity index (χ1n) is 8.19. The second-order valence-corrected chi connectivity index (χ2v) is 6.90. The van der Waals surface area contributed by atoms with Crippen LogP contribution in [0.1, 0.15) is 37.8 Å². The van der Waals surface area contributed by atoms with E-state index in [0.717, 1.165) is 25.7 Å². The van der Waals surface area contributed by atoms with Crippen molar-refractivity contribution < 1.29 is 27.2 Å². The molecule has 0 radical (unpaired) electrons. The number of aryl methyl sites for hydroxylation is 2. The summed E-state index contributed by atoms with van der Waals surface area (Å²) in [6.07, 6.45) is 3.33. The molecule has 0 aliphatic rings. The number of hydrogen-bond donors (Lipinski definition) is 0. The molecule has 134 valence electrons. The zero-order valence-corrected chi connectivity index (χ0v) is 16.1. The molecule has 0 fully saturated rings. The van der Waals surface area contributed by atoms with Gasteiger partial charge < -0.3 is 0 Å². The lowest BCUT2D eigenvalue weighted by atomic mass is 10.0. The van der Waals surface area contributed by atoms with E-state index in [1.54, 1.807) is 13.8 Å². The molecule has 0 saturated carbocycles. The molecule has 8 heteroatoms. The highest BCUT2D eigenvalue weighted by molar-refractivity contribution is 7.33. The van der Waals surface area contributed by atoms with Crippen LogP contribution >= 0.6 is 16.5 Å². The van der Waals surface area contributed by atoms with Gasteiger partial charge in [0, 0.05) is 9.13 Å². The van der Waals surface area contributed by atoms with Gasteiger partial charge in [0.15, 0.2) is 0 Å². The van der Waals surface area contributed by atoms with Crippen molar-refractivity contribution in [2.24, 2.45) is 0 Å². The van der Waals surface area contributed by atoms with Gasteiger partial charge in [0.05, 0.1) is 0 Å². The van der Waals surface area contributed by atoms with Crippen molar-refractivity contribution in [1.82, 2.24) is 0 Å². The molecule has 1 rings (SSSR count). The lowest BCUT2D eigenvalue weighted by Gasteiger charge is -2.03. The molecule has 0 aliphatic heterocycles. The normalized spacial score (nSPS) is 12.2. The molecule has 2 unspecified atom stereocenters. The second kappa shape index (κ2) is 13.5. The fourth-order valence-corrected chi connectivity index (χ4v) is 3.12. The van der Waals surface area contributed by atoms with Gasteiger partial charge in [0.25, 0.3) is 0 Å². The molecular weight excluding hydrogens is 350 g/mol. The number of hydrogen-bond acceptors (Lipinski definition) is 6. The summed E-state index contributed by atoms with van der Waals surface area (Å²) in [5.74, 6) is 0. The molecule has 0 aromatic heterocycles. The summed E-state index contributed by atoms with van der Waals surface area (Å²) < 4.78 is 42.1. The van der Waals surface area contributed by atoms with Crippen LogP contribution in [0, 0.1) is 0 Å². The van der Waals surface area contributed by atoms with Crippen LogP contribution in [-0.2, 0) is 40.1 Å². The van der Waals surface area contributed by atoms with Crippen molar-refractivity contribution >= 4 is 16.5 Å². The maximum atomic E-state index is 11.2. The minimum absolute atomic E-state index is 0.393. The van der Waals surface area contributed by atoms with Crippen molar-refractivity contribution in [2.75, 3.05) is 26.4 Å². The SMILES string of the molecule is CCO[P+](=O)OCCCc1ccc(CCCO[P+](=O)OCC)cc1. The predicted molar refractivity (Wildman–Crippen MR) is 93.5 cm³/mol. The Hall–Kier alpha value is -0.740. The first-order chi connectivity index (χ1) is 11.7. The van der Waals surface area contributed by atoms with Gasteiger partial charge in [-0.05, 0) is 50.7 Å². The van der Waals surface area contributed by atoms with E-state index < -0.39 is 16.5 Å². The minimum atomic E-state index is -1.97. The van der Waals surface area contributed by atoms with Gasteiger partial charge >= 0.3 is 16.5 Å². The first kappa shape index (κ1) is 21.3. The molecule has 1 aromatic rings. The Balaban J connectivity index is 2.16. The van der Waals surface area contributed by atoms with Crippen LogP contribution < -0.4 is 0 Å². The quantitative estimate of drug-likeness (QED) is 0.337. The molecule has 0 bridgehead atoms. The topological polar surface area (TPSA) is 71.1 Å². The molecule has 2 atom stereocenters. The molecule has 24 heavy (non-hydrogen) atoms. The fourth-order valence-electron chi connectivity index (χ4n) is 1.99. The van der Waals surface area contributed by atoms with Crippen LogP contribution in [0.4, 0.5) is 0 Å². The highest BCUT2D eigenvalue weighted by atomic mass is 31.1. The zero-order valence-electron chi connectivity index (χ0n) is 14.3. The predicted octanol–water partition coefficient (Wildman–Crippen LogP) is 4.97. The van der Waals surface area contributed by atoms with E-state index in [1.165, 1.54) is 11.1 Å². The Labute approximate surface area is 145 Å². The molecule has 0 saturated heterocycles. The average molecular weight is 376 g/mol. The molecule has 6 nitrogen and oxygen atoms in total. The fraction of sp³-hybridized carbons (Fsp3) is 0.625. The third-order valence-corrected chi connectivity index (χ3v) is 4.83. The Morgan fingerprint density at radius 3 is 1.42 bits per heavy atom. The lowest BCUT2D eigenvalue weighted by Crippen LogP contribution is -1.95. The summed E-state index contributed by atoms with van der Waals surface area (Å²) in [6, 6.07) is 8.33. The van der Waals surface area contributed by atoms with Crippen molar-refractivity contribution in [3.8, 4) is 0 Å². The van der Waals surface area contributed by atoms with Crippen LogP contribution in [0.3, 0.4) is 0 Å². The van der Waals surface area contributed by atoms with E-state index in [1.807, 2.05) is 0 Å². The Morgan fingerprint density at radius 1 is 0.708 bits per heavy atom. The number of benzene rings is 1. The highest BCUT2D eigenvalue weighted by Crippen LogP contribution is 2.24. The summed E-state index contributed by atoms with van der Waals surface area (Å²) in [4.78, 5) is 0. The third-order valence-electron chi connectivity index (χ3n) is 3.10. The van der Waals surface area contributed by atoms with Crippen LogP contribution in [0.5, 0.6) is 0 Å². The number of rotatable bonds is 14. The van der Waals surface area contributed by atoms with Crippen LogP contribution in [-0.4, -0.2) is 26.4 Å². The maximum Gasteiger partial charge on any atom is 0.697 e. The Kier molecular flexibility index (Phi) is 12.0. The van der Waals surface area contributed by atoms with Crippen LogP contribution in [0.15, 0.2) is 24.3 Å². The van der Waals surface area contributed by atoms with Crippen molar-refractivity contribution in [2.45, 2.75) is 39.5 Å². The van der Waals surface area contributed by atoms with Gasteiger partial charge in [0.2, 0.25) is 0 Å². The molecule has 1 aromatic carbocycles. The summed E-state index contributed by atoms with van der Waals surface area (Å²) in [6.45, 7) is 5.19. The van der Waals surface area contributed by atoms with Crippen molar-refractivity contribution in [3.05, 3.63) is 35.4 Å². The molecule has 0 amide bonds. The van der Waals surface area contributed by atoms with Crippen LogP contribution in [0.25, 0.3) is 0 Å². The van der Waals surface area contributed by atoms with Gasteiger partial charge in [-0.15, -0.1) is 18.1 Å². The first-order valence-corrected chi connectivity index (χ1v) is 10.4. The zero-order chi connectivity index (χ0) is 17.6. The van der Waals surface area contributed by atoms with E-state index in [-0.39, 0.29) is 0 Å². The highest BCUT2D eigenvalue weighted by Gasteiger charge is 2.18. The summed E-state index contributed by atoms with van der Waals surface area (Å²) >= 11 is 0. The second-order valence-electron chi connectivity index (χ2n) is 4.97. The Morgan fingerprint density at radius 2 is 1.08 bits per heavy atom. The summed E-state index contributed by atoms with van der Waals surface area (Å²) in [7, 11) is -3.95. The Bertz CT molecular complexity index is 447. The van der Waals surface area contributed by atoms with Gasteiger partial charge in [-0.3, -0.25) is 0 Å². The summed E-state index contributed by atoms with van der Waals surface area (Å²) in [5.41, 5.74) is 2.43. The molecular formula is C16H26O6P2+2. The van der Waals surface area contributed by atoms with Gasteiger partial charge in [-0.2, -0.15) is 0 Å². The van der Waals surface area contributed by atoms with Crippen LogP contribution in [0.2, 0.25) is 0 Å². The van der Waals surface area contributed by atoms with E-state index in [9.17, 15) is 9.13 Å². The molecule has 0 aliphatic carbocycles. The molecule has 0 heterocycles. The van der Waals surface area contributed by atoms with Gasteiger partial charge in [-0.25, -0.2) is 0 Å². The lowest BCUT2D eigenvalue weighted by molar-refractivity contribution is 0.231. The molecule has 0 N–H and O–H groups in total. The van der Waals surface area contributed by atoms with Gasteiger partial charge in [0.1, 0.15) is 26.4 Å². The van der Waals surface area contributed by atoms with Crippen molar-refractivity contribution in [3.63, 3.8) is 0 Å². The van der Waals surface area contributed by atoms with E-state index in [4.69, 9.17) is 18.1 Å². The third kappa shape index (κ3) is 10.2. The largest absolute Gasteiger partial charge is 0.697 e. The van der Waals surface area contributed by atoms with Gasteiger partial charge in [-0.1, -0.05) is 24.3 Å². The summed E-state index contributed by atoms with van der Waals surface area (Å²) in [5, 5.41) is 0.